The van der Waals surface area contributed by atoms with Crippen LogP contribution < -0.4 is 10.2 Å². The van der Waals surface area contributed by atoms with Crippen molar-refractivity contribution in [1.29, 1.82) is 0 Å². The van der Waals surface area contributed by atoms with E-state index < -0.39 is 0 Å². The Morgan fingerprint density at radius 3 is 2.52 bits per heavy atom. The maximum Gasteiger partial charge on any atom is 0.348 e. The number of carbonyl (C=O) groups is 1. The van der Waals surface area contributed by atoms with E-state index in [1.165, 1.54) is 36.3 Å². The maximum atomic E-state index is 12.9. The lowest BCUT2D eigenvalue weighted by Crippen LogP contribution is -2.32. The topological polar surface area (TPSA) is 67.3 Å². The van der Waals surface area contributed by atoms with Gasteiger partial charge in [-0.05, 0) is 81.2 Å². The molecule has 0 amide bonds. The molecule has 0 unspecified atom stereocenters. The van der Waals surface area contributed by atoms with Gasteiger partial charge in [-0.3, -0.25) is 0 Å². The number of nitrogens with one attached hydrogen (secondary N) is 1. The normalized spacial score (nSPS) is 17.9. The lowest BCUT2D eigenvalue weighted by Gasteiger charge is -2.32. The second kappa shape index (κ2) is 9.67. The fraction of sp³-hybridized carbons (Fsp3) is 0.500. The summed E-state index contributed by atoms with van der Waals surface area (Å²) in [5.74, 6) is 1.32. The third-order valence-electron chi connectivity index (χ3n) is 7.02. The molecule has 1 aromatic carbocycles. The zero-order valence-corrected chi connectivity index (χ0v) is 20.3. The minimum absolute atomic E-state index is 0.0428. The molecule has 5 rings (SSSR count). The zero-order valence-electron chi connectivity index (χ0n) is 19.5. The molecule has 0 bridgehead atoms. The molecule has 1 aliphatic carbocycles. The summed E-state index contributed by atoms with van der Waals surface area (Å²) in [7, 11) is 0. The molecule has 2 aliphatic rings. The molecule has 2 fully saturated rings. The van der Waals surface area contributed by atoms with Gasteiger partial charge in [-0.1, -0.05) is 13.3 Å². The van der Waals surface area contributed by atoms with Gasteiger partial charge in [0, 0.05) is 24.5 Å². The lowest BCUT2D eigenvalue weighted by atomic mass is 9.98. The van der Waals surface area contributed by atoms with Gasteiger partial charge in [0.2, 0.25) is 0 Å². The number of piperidine rings is 1. The second-order valence-corrected chi connectivity index (χ2v) is 10.5. The first-order valence-electron chi connectivity index (χ1n) is 12.2. The number of esters is 1. The fourth-order valence-electron chi connectivity index (χ4n) is 4.91. The van der Waals surface area contributed by atoms with Gasteiger partial charge in [0.25, 0.3) is 0 Å². The monoisotopic (exact) mass is 464 g/mol. The van der Waals surface area contributed by atoms with Gasteiger partial charge in [0.15, 0.2) is 0 Å². The van der Waals surface area contributed by atoms with Crippen molar-refractivity contribution in [3.05, 3.63) is 41.0 Å². The molecule has 3 heterocycles. The number of aryl methyl sites for hydroxylation is 1. The molecule has 0 radical (unpaired) electrons. The minimum Gasteiger partial charge on any atom is -0.458 e. The summed E-state index contributed by atoms with van der Waals surface area (Å²) in [5, 5.41) is 4.34. The van der Waals surface area contributed by atoms with Crippen molar-refractivity contribution in [2.75, 3.05) is 23.3 Å². The molecule has 2 aromatic heterocycles. The van der Waals surface area contributed by atoms with Crippen LogP contribution in [-0.2, 0) is 4.74 Å². The van der Waals surface area contributed by atoms with Gasteiger partial charge in [0.1, 0.15) is 28.0 Å². The van der Waals surface area contributed by atoms with Gasteiger partial charge >= 0.3 is 5.97 Å². The highest BCUT2D eigenvalue weighted by atomic mass is 32.1. The lowest BCUT2D eigenvalue weighted by molar-refractivity contribution is 0.0216. The maximum absolute atomic E-state index is 12.9. The van der Waals surface area contributed by atoms with Gasteiger partial charge in [0.05, 0.1) is 5.39 Å². The van der Waals surface area contributed by atoms with Crippen LogP contribution in [0.25, 0.3) is 10.2 Å². The number of carbonyl (C=O) groups excluding carboxylic acids is 1. The highest BCUT2D eigenvalue weighted by Gasteiger charge is 2.24. The van der Waals surface area contributed by atoms with Crippen LogP contribution in [-0.4, -0.2) is 35.1 Å². The van der Waals surface area contributed by atoms with Crippen LogP contribution in [0.4, 0.5) is 17.2 Å². The molecule has 7 heteroatoms. The molecule has 174 valence electrons. The number of anilines is 3. The first-order valence-corrected chi connectivity index (χ1v) is 13.0. The van der Waals surface area contributed by atoms with Gasteiger partial charge < -0.3 is 15.0 Å². The molecule has 1 aliphatic heterocycles. The Hall–Kier alpha value is -2.67. The van der Waals surface area contributed by atoms with Gasteiger partial charge in [-0.2, -0.15) is 0 Å². The number of rotatable bonds is 5. The summed E-state index contributed by atoms with van der Waals surface area (Å²) in [4.78, 5) is 25.7. The standard InChI is InChI=1S/C26H32N4O2S/c1-17-12-14-30(15-13-17)20-10-8-19(9-11-20)29-24-22-18(2)23(33-25(22)28-16-27-24)26(31)32-21-6-4-3-5-7-21/h8-11,16-17,21H,3-7,12-15H2,1-2H3,(H,27,28,29). The van der Waals surface area contributed by atoms with E-state index in [1.54, 1.807) is 6.33 Å². The Morgan fingerprint density at radius 1 is 1.06 bits per heavy atom. The average molecular weight is 465 g/mol. The van der Waals surface area contributed by atoms with Crippen molar-refractivity contribution >= 4 is 44.7 Å². The van der Waals surface area contributed by atoms with E-state index in [0.717, 1.165) is 72.0 Å². The molecular formula is C26H32N4O2S. The van der Waals surface area contributed by atoms with Gasteiger partial charge in [-0.15, -0.1) is 11.3 Å². The van der Waals surface area contributed by atoms with Crippen molar-refractivity contribution < 1.29 is 9.53 Å². The van der Waals surface area contributed by atoms with E-state index in [0.29, 0.717) is 4.88 Å². The summed E-state index contributed by atoms with van der Waals surface area (Å²) >= 11 is 1.39. The van der Waals surface area contributed by atoms with E-state index in [4.69, 9.17) is 4.74 Å². The predicted octanol–water partition coefficient (Wildman–Crippen LogP) is 6.47. The first kappa shape index (κ1) is 22.1. The number of thiophene rings is 1. The number of nitrogens with zero attached hydrogens (tertiary/aromatic N) is 3. The summed E-state index contributed by atoms with van der Waals surface area (Å²) in [6, 6.07) is 8.54. The Labute approximate surface area is 199 Å². The van der Waals surface area contributed by atoms with E-state index >= 15 is 0 Å². The summed E-state index contributed by atoms with van der Waals surface area (Å²) < 4.78 is 5.82. The molecule has 0 spiro atoms. The molecule has 0 atom stereocenters. The van der Waals surface area contributed by atoms with E-state index in [2.05, 4.69) is 51.4 Å². The number of ether oxygens (including phenoxy) is 1. The zero-order chi connectivity index (χ0) is 22.8. The minimum atomic E-state index is -0.228. The van der Waals surface area contributed by atoms with Crippen LogP contribution in [0.5, 0.6) is 0 Å². The number of fused-ring (bicyclic) bond motifs is 1. The molecule has 33 heavy (non-hydrogen) atoms. The predicted molar refractivity (Wildman–Crippen MR) is 135 cm³/mol. The Morgan fingerprint density at radius 2 is 1.79 bits per heavy atom. The molecular weight excluding hydrogens is 432 g/mol. The van der Waals surface area contributed by atoms with Crippen molar-refractivity contribution in [3.63, 3.8) is 0 Å². The van der Waals surface area contributed by atoms with E-state index in [-0.39, 0.29) is 12.1 Å². The smallest absolute Gasteiger partial charge is 0.348 e. The molecule has 1 saturated heterocycles. The summed E-state index contributed by atoms with van der Waals surface area (Å²) in [6.45, 7) is 6.54. The fourth-order valence-corrected chi connectivity index (χ4v) is 5.94. The molecule has 1 N–H and O–H groups in total. The molecule has 6 nitrogen and oxygen atoms in total. The van der Waals surface area contributed by atoms with E-state index in [9.17, 15) is 4.79 Å². The van der Waals surface area contributed by atoms with Crippen molar-refractivity contribution in [2.24, 2.45) is 5.92 Å². The largest absolute Gasteiger partial charge is 0.458 e. The van der Waals surface area contributed by atoms with Crippen LogP contribution in [0.1, 0.15) is 67.1 Å². The highest BCUT2D eigenvalue weighted by molar-refractivity contribution is 7.20. The van der Waals surface area contributed by atoms with E-state index in [1.807, 2.05) is 6.92 Å². The van der Waals surface area contributed by atoms with Crippen LogP contribution in [0, 0.1) is 12.8 Å². The SMILES string of the molecule is Cc1c(C(=O)OC2CCCCC2)sc2ncnc(Nc3ccc(N4CCC(C)CC4)cc3)c12. The second-order valence-electron chi connectivity index (χ2n) is 9.47. The molecule has 1 saturated carbocycles. The first-order chi connectivity index (χ1) is 16.1. The summed E-state index contributed by atoms with van der Waals surface area (Å²) in [6.07, 6.45) is 9.55. The van der Waals surface area contributed by atoms with Crippen molar-refractivity contribution in [2.45, 2.75) is 64.9 Å². The quantitative estimate of drug-likeness (QED) is 0.437. The van der Waals surface area contributed by atoms with Crippen molar-refractivity contribution in [1.82, 2.24) is 9.97 Å². The number of hydrogen-bond donors (Lipinski definition) is 1. The van der Waals surface area contributed by atoms with Crippen LogP contribution in [0.15, 0.2) is 30.6 Å². The number of aromatic nitrogens is 2. The average Bonchev–Trinajstić information content (AvgIpc) is 3.18. The third kappa shape index (κ3) is 4.83. The number of benzene rings is 1. The third-order valence-corrected chi connectivity index (χ3v) is 8.20. The Kier molecular flexibility index (Phi) is 6.49. The van der Waals surface area contributed by atoms with Crippen LogP contribution in [0.3, 0.4) is 0 Å². The van der Waals surface area contributed by atoms with Crippen molar-refractivity contribution in [3.8, 4) is 0 Å². The number of hydrogen-bond acceptors (Lipinski definition) is 7. The highest BCUT2D eigenvalue weighted by Crippen LogP contribution is 2.36. The molecule has 3 aromatic rings. The van der Waals surface area contributed by atoms with Crippen LogP contribution >= 0.6 is 11.3 Å². The van der Waals surface area contributed by atoms with Crippen LogP contribution in [0.2, 0.25) is 0 Å². The summed E-state index contributed by atoms with van der Waals surface area (Å²) in [5.41, 5.74) is 3.12. The van der Waals surface area contributed by atoms with Gasteiger partial charge in [-0.25, -0.2) is 14.8 Å². The Bertz CT molecular complexity index is 1110. The Balaban J connectivity index is 1.34.